The fraction of sp³-hybridized carbons (Fsp3) is 0.357. The molecular formula is C14H17ClO3. The monoisotopic (exact) mass is 268 g/mol. The van der Waals surface area contributed by atoms with E-state index >= 15 is 0 Å². The highest BCUT2D eigenvalue weighted by molar-refractivity contribution is 6.31. The molecule has 0 N–H and O–H groups in total. The van der Waals surface area contributed by atoms with Crippen LogP contribution in [0.5, 0.6) is 5.75 Å². The lowest BCUT2D eigenvalue weighted by molar-refractivity contribution is -0.138. The van der Waals surface area contributed by atoms with Gasteiger partial charge in [0.2, 0.25) is 0 Å². The molecule has 0 aromatic heterocycles. The summed E-state index contributed by atoms with van der Waals surface area (Å²) in [5, 5.41) is 0.717. The number of hydrogen-bond donors (Lipinski definition) is 0. The molecule has 0 unspecified atom stereocenters. The number of carbonyl (C=O) groups is 1. The Hall–Kier alpha value is -1.48. The van der Waals surface area contributed by atoms with E-state index in [-0.39, 0.29) is 6.61 Å². The molecule has 1 aromatic rings. The summed E-state index contributed by atoms with van der Waals surface area (Å²) in [6.45, 7) is 7.83. The number of aryl methyl sites for hydroxylation is 1. The van der Waals surface area contributed by atoms with Crippen molar-refractivity contribution in [1.29, 1.82) is 0 Å². The van der Waals surface area contributed by atoms with E-state index in [0.29, 0.717) is 23.0 Å². The van der Waals surface area contributed by atoms with Gasteiger partial charge in [-0.3, -0.25) is 0 Å². The number of ether oxygens (including phenoxy) is 2. The molecule has 0 spiro atoms. The lowest BCUT2D eigenvalue weighted by Gasteiger charge is -2.09. The van der Waals surface area contributed by atoms with E-state index in [1.807, 2.05) is 13.0 Å². The average Bonchev–Trinajstić information content (AvgIpc) is 2.37. The van der Waals surface area contributed by atoms with Crippen molar-refractivity contribution in [3.8, 4) is 5.75 Å². The number of carbonyl (C=O) groups excluding carboxylic acids is 1. The summed E-state index contributed by atoms with van der Waals surface area (Å²) in [4.78, 5) is 11.3. The zero-order valence-corrected chi connectivity index (χ0v) is 11.4. The standard InChI is InChI=1S/C14H17ClO3/c1-4-11-8-12(6-7-13(11)15)18-9-10(3)14(16)17-5-2/h6-8H,3-5,9H2,1-2H3. The van der Waals surface area contributed by atoms with E-state index in [0.717, 1.165) is 12.0 Å². The lowest BCUT2D eigenvalue weighted by atomic mass is 10.1. The molecule has 3 nitrogen and oxygen atoms in total. The summed E-state index contributed by atoms with van der Waals surface area (Å²) in [6, 6.07) is 5.41. The van der Waals surface area contributed by atoms with Gasteiger partial charge in [-0.2, -0.15) is 0 Å². The third-order valence-corrected chi connectivity index (χ3v) is 2.74. The molecule has 0 saturated heterocycles. The molecule has 0 aliphatic carbocycles. The van der Waals surface area contributed by atoms with Crippen LogP contribution in [-0.2, 0) is 16.0 Å². The maximum atomic E-state index is 11.3. The Morgan fingerprint density at radius 1 is 1.39 bits per heavy atom. The summed E-state index contributed by atoms with van der Waals surface area (Å²) < 4.78 is 10.3. The molecule has 0 bridgehead atoms. The second-order valence-corrected chi connectivity index (χ2v) is 4.13. The molecule has 1 aromatic carbocycles. The molecule has 0 amide bonds. The summed E-state index contributed by atoms with van der Waals surface area (Å²) in [7, 11) is 0. The zero-order valence-electron chi connectivity index (χ0n) is 10.7. The van der Waals surface area contributed by atoms with Crippen molar-refractivity contribution in [2.45, 2.75) is 20.3 Å². The molecule has 0 atom stereocenters. The van der Waals surface area contributed by atoms with Gasteiger partial charge < -0.3 is 9.47 Å². The summed E-state index contributed by atoms with van der Waals surface area (Å²) in [5.74, 6) is 0.240. The molecular weight excluding hydrogens is 252 g/mol. The van der Waals surface area contributed by atoms with Gasteiger partial charge in [0, 0.05) is 5.02 Å². The molecule has 0 saturated carbocycles. The van der Waals surface area contributed by atoms with Gasteiger partial charge in [0.1, 0.15) is 12.4 Å². The van der Waals surface area contributed by atoms with Crippen LogP contribution in [0.25, 0.3) is 0 Å². The van der Waals surface area contributed by atoms with Crippen LogP contribution in [0, 0.1) is 0 Å². The fourth-order valence-corrected chi connectivity index (χ4v) is 1.63. The van der Waals surface area contributed by atoms with Gasteiger partial charge in [-0.05, 0) is 37.1 Å². The van der Waals surface area contributed by atoms with Crippen molar-refractivity contribution in [3.63, 3.8) is 0 Å². The number of hydrogen-bond acceptors (Lipinski definition) is 3. The Bertz CT molecular complexity index is 441. The van der Waals surface area contributed by atoms with E-state index in [4.69, 9.17) is 21.1 Å². The maximum Gasteiger partial charge on any atom is 0.336 e. The quantitative estimate of drug-likeness (QED) is 0.586. The minimum Gasteiger partial charge on any atom is -0.489 e. The highest BCUT2D eigenvalue weighted by Crippen LogP contribution is 2.22. The van der Waals surface area contributed by atoms with E-state index in [1.54, 1.807) is 19.1 Å². The van der Waals surface area contributed by atoms with Gasteiger partial charge in [0.25, 0.3) is 0 Å². The van der Waals surface area contributed by atoms with Crippen LogP contribution in [0.15, 0.2) is 30.4 Å². The third-order valence-electron chi connectivity index (χ3n) is 2.38. The van der Waals surface area contributed by atoms with Gasteiger partial charge >= 0.3 is 5.97 Å². The molecule has 4 heteroatoms. The topological polar surface area (TPSA) is 35.5 Å². The van der Waals surface area contributed by atoms with Gasteiger partial charge in [-0.15, -0.1) is 0 Å². The van der Waals surface area contributed by atoms with Crippen LogP contribution in [0.4, 0.5) is 0 Å². The molecule has 0 aliphatic heterocycles. The Morgan fingerprint density at radius 2 is 2.11 bits per heavy atom. The molecule has 0 aliphatic rings. The molecule has 0 heterocycles. The summed E-state index contributed by atoms with van der Waals surface area (Å²) in [6.07, 6.45) is 0.828. The number of halogens is 1. The van der Waals surface area contributed by atoms with Crippen molar-refractivity contribution in [2.75, 3.05) is 13.2 Å². The first-order valence-corrected chi connectivity index (χ1v) is 6.22. The van der Waals surface area contributed by atoms with Crippen molar-refractivity contribution < 1.29 is 14.3 Å². The van der Waals surface area contributed by atoms with E-state index in [2.05, 4.69) is 6.58 Å². The smallest absolute Gasteiger partial charge is 0.336 e. The summed E-state index contributed by atoms with van der Waals surface area (Å²) in [5.41, 5.74) is 1.31. The van der Waals surface area contributed by atoms with Crippen molar-refractivity contribution in [2.24, 2.45) is 0 Å². The van der Waals surface area contributed by atoms with Gasteiger partial charge in [-0.25, -0.2) is 4.79 Å². The maximum absolute atomic E-state index is 11.3. The first kappa shape index (κ1) is 14.6. The Balaban J connectivity index is 2.58. The highest BCUT2D eigenvalue weighted by atomic mass is 35.5. The lowest BCUT2D eigenvalue weighted by Crippen LogP contribution is -2.13. The van der Waals surface area contributed by atoms with Crippen LogP contribution >= 0.6 is 11.6 Å². The molecule has 18 heavy (non-hydrogen) atoms. The van der Waals surface area contributed by atoms with Crippen LogP contribution in [-0.4, -0.2) is 19.2 Å². The van der Waals surface area contributed by atoms with Gasteiger partial charge in [0.15, 0.2) is 0 Å². The first-order valence-electron chi connectivity index (χ1n) is 5.84. The Morgan fingerprint density at radius 3 is 2.72 bits per heavy atom. The van der Waals surface area contributed by atoms with E-state index in [1.165, 1.54) is 0 Å². The highest BCUT2D eigenvalue weighted by Gasteiger charge is 2.09. The normalized spacial score (nSPS) is 9.94. The fourth-order valence-electron chi connectivity index (χ4n) is 1.37. The van der Waals surface area contributed by atoms with Crippen molar-refractivity contribution in [1.82, 2.24) is 0 Å². The Labute approximate surface area is 112 Å². The second-order valence-electron chi connectivity index (χ2n) is 3.72. The number of benzene rings is 1. The largest absolute Gasteiger partial charge is 0.489 e. The minimum atomic E-state index is -0.429. The molecule has 0 fully saturated rings. The minimum absolute atomic E-state index is 0.115. The van der Waals surface area contributed by atoms with E-state index in [9.17, 15) is 4.79 Å². The van der Waals surface area contributed by atoms with Crippen LogP contribution < -0.4 is 4.74 Å². The SMILES string of the molecule is C=C(COc1ccc(Cl)c(CC)c1)C(=O)OCC. The predicted molar refractivity (Wildman–Crippen MR) is 72.1 cm³/mol. The van der Waals surface area contributed by atoms with Crippen molar-refractivity contribution in [3.05, 3.63) is 40.9 Å². The number of esters is 1. The van der Waals surface area contributed by atoms with Crippen molar-refractivity contribution >= 4 is 17.6 Å². The molecule has 0 radical (unpaired) electrons. The molecule has 1 rings (SSSR count). The van der Waals surface area contributed by atoms with Crippen LogP contribution in [0.3, 0.4) is 0 Å². The van der Waals surface area contributed by atoms with Gasteiger partial charge in [0.05, 0.1) is 12.2 Å². The molecule has 98 valence electrons. The average molecular weight is 269 g/mol. The number of rotatable bonds is 6. The third kappa shape index (κ3) is 4.08. The summed E-state index contributed by atoms with van der Waals surface area (Å²) >= 11 is 6.00. The predicted octanol–water partition coefficient (Wildman–Crippen LogP) is 3.40. The first-order chi connectivity index (χ1) is 8.58. The Kier molecular flexibility index (Phi) is 5.72. The van der Waals surface area contributed by atoms with Crippen LogP contribution in [0.2, 0.25) is 5.02 Å². The second kappa shape index (κ2) is 7.07. The van der Waals surface area contributed by atoms with Crippen LogP contribution in [0.1, 0.15) is 19.4 Å². The van der Waals surface area contributed by atoms with Gasteiger partial charge in [-0.1, -0.05) is 25.1 Å². The zero-order chi connectivity index (χ0) is 13.5. The van der Waals surface area contributed by atoms with E-state index < -0.39 is 5.97 Å².